The number of rotatable bonds is 5. The van der Waals surface area contributed by atoms with Gasteiger partial charge in [-0.15, -0.1) is 0 Å². The smallest absolute Gasteiger partial charge is 0.255 e. The maximum Gasteiger partial charge on any atom is 0.255 e. The van der Waals surface area contributed by atoms with Crippen LogP contribution in [0.2, 0.25) is 0 Å². The molecule has 0 spiro atoms. The number of hydrogen-bond donors (Lipinski definition) is 2. The molecule has 6 nitrogen and oxygen atoms in total. The second-order valence-electron chi connectivity index (χ2n) is 6.58. The standard InChI is InChI=1S/C20H21N3O3/c1-23(2)20(26)15-4-3-5-17(12-15)22-19(25)14-8-10-16(11-9-14)21-18(24)13-6-7-13/h3-5,8-13H,6-7H2,1-2H3,(H,21,24)(H,22,25). The first kappa shape index (κ1) is 17.7. The maximum absolute atomic E-state index is 12.4. The van der Waals surface area contributed by atoms with Gasteiger partial charge in [-0.05, 0) is 55.3 Å². The van der Waals surface area contributed by atoms with E-state index in [1.54, 1.807) is 62.6 Å². The van der Waals surface area contributed by atoms with Gasteiger partial charge in [-0.3, -0.25) is 14.4 Å². The summed E-state index contributed by atoms with van der Waals surface area (Å²) in [6, 6.07) is 13.5. The highest BCUT2D eigenvalue weighted by molar-refractivity contribution is 6.05. The van der Waals surface area contributed by atoms with Gasteiger partial charge in [0.2, 0.25) is 5.91 Å². The predicted octanol–water partition coefficient (Wildman–Crippen LogP) is 2.99. The molecule has 1 saturated carbocycles. The van der Waals surface area contributed by atoms with E-state index in [0.29, 0.717) is 22.5 Å². The van der Waals surface area contributed by atoms with Gasteiger partial charge in [0.15, 0.2) is 0 Å². The van der Waals surface area contributed by atoms with Gasteiger partial charge >= 0.3 is 0 Å². The minimum Gasteiger partial charge on any atom is -0.345 e. The lowest BCUT2D eigenvalue weighted by Gasteiger charge is -2.12. The van der Waals surface area contributed by atoms with Crippen LogP contribution in [-0.2, 0) is 4.79 Å². The number of anilines is 2. The SMILES string of the molecule is CN(C)C(=O)c1cccc(NC(=O)c2ccc(NC(=O)C3CC3)cc2)c1. The third-order valence-electron chi connectivity index (χ3n) is 4.14. The summed E-state index contributed by atoms with van der Waals surface area (Å²) in [5, 5.41) is 5.62. The highest BCUT2D eigenvalue weighted by Crippen LogP contribution is 2.30. The van der Waals surface area contributed by atoms with Crippen molar-refractivity contribution in [2.45, 2.75) is 12.8 Å². The molecule has 2 N–H and O–H groups in total. The van der Waals surface area contributed by atoms with Crippen molar-refractivity contribution in [3.8, 4) is 0 Å². The zero-order valence-electron chi connectivity index (χ0n) is 14.8. The average molecular weight is 351 g/mol. The minimum atomic E-state index is -0.278. The van der Waals surface area contributed by atoms with Crippen LogP contribution < -0.4 is 10.6 Å². The van der Waals surface area contributed by atoms with Crippen molar-refractivity contribution in [1.82, 2.24) is 4.90 Å². The summed E-state index contributed by atoms with van der Waals surface area (Å²) in [5.41, 5.74) is 2.20. The summed E-state index contributed by atoms with van der Waals surface area (Å²) in [6.07, 6.45) is 1.89. The summed E-state index contributed by atoms with van der Waals surface area (Å²) in [4.78, 5) is 37.6. The summed E-state index contributed by atoms with van der Waals surface area (Å²) >= 11 is 0. The largest absolute Gasteiger partial charge is 0.345 e. The summed E-state index contributed by atoms with van der Waals surface area (Å²) in [6.45, 7) is 0. The van der Waals surface area contributed by atoms with Gasteiger partial charge in [0.25, 0.3) is 11.8 Å². The quantitative estimate of drug-likeness (QED) is 0.869. The van der Waals surface area contributed by atoms with Crippen molar-refractivity contribution in [3.05, 3.63) is 59.7 Å². The first-order valence-corrected chi connectivity index (χ1v) is 8.48. The van der Waals surface area contributed by atoms with E-state index >= 15 is 0 Å². The average Bonchev–Trinajstić information content (AvgIpc) is 3.47. The minimum absolute atomic E-state index is 0.0320. The van der Waals surface area contributed by atoms with Crippen LogP contribution in [0.25, 0.3) is 0 Å². The molecule has 1 fully saturated rings. The van der Waals surface area contributed by atoms with Crippen molar-refractivity contribution in [2.24, 2.45) is 5.92 Å². The number of carbonyl (C=O) groups is 3. The fourth-order valence-electron chi connectivity index (χ4n) is 2.49. The van der Waals surface area contributed by atoms with Crippen molar-refractivity contribution in [2.75, 3.05) is 24.7 Å². The second kappa shape index (κ2) is 7.39. The molecule has 26 heavy (non-hydrogen) atoms. The van der Waals surface area contributed by atoms with Gasteiger partial charge in [0, 0.05) is 42.5 Å². The molecule has 2 aromatic carbocycles. The molecule has 6 heteroatoms. The Kier molecular flexibility index (Phi) is 5.02. The number of nitrogens with one attached hydrogen (secondary N) is 2. The highest BCUT2D eigenvalue weighted by atomic mass is 16.2. The topological polar surface area (TPSA) is 78.5 Å². The summed E-state index contributed by atoms with van der Waals surface area (Å²) in [7, 11) is 3.36. The van der Waals surface area contributed by atoms with Crippen molar-refractivity contribution < 1.29 is 14.4 Å². The molecule has 0 heterocycles. The summed E-state index contributed by atoms with van der Waals surface area (Å²) < 4.78 is 0. The molecule has 1 aliphatic rings. The first-order chi connectivity index (χ1) is 12.4. The Morgan fingerprint density at radius 3 is 2.19 bits per heavy atom. The molecular formula is C20H21N3O3. The van der Waals surface area contributed by atoms with Crippen LogP contribution in [0.5, 0.6) is 0 Å². The molecule has 3 amide bonds. The third-order valence-corrected chi connectivity index (χ3v) is 4.14. The normalized spacial score (nSPS) is 13.0. The van der Waals surface area contributed by atoms with E-state index in [9.17, 15) is 14.4 Å². The lowest BCUT2D eigenvalue weighted by Crippen LogP contribution is -2.22. The molecule has 134 valence electrons. The zero-order chi connectivity index (χ0) is 18.7. The van der Waals surface area contributed by atoms with Crippen LogP contribution in [0, 0.1) is 5.92 Å². The number of amides is 3. The lowest BCUT2D eigenvalue weighted by atomic mass is 10.1. The van der Waals surface area contributed by atoms with Gasteiger partial charge in [-0.2, -0.15) is 0 Å². The van der Waals surface area contributed by atoms with Crippen LogP contribution in [0.3, 0.4) is 0 Å². The highest BCUT2D eigenvalue weighted by Gasteiger charge is 2.29. The van der Waals surface area contributed by atoms with Gasteiger partial charge < -0.3 is 15.5 Å². The molecular weight excluding hydrogens is 330 g/mol. The van der Waals surface area contributed by atoms with Crippen LogP contribution in [0.4, 0.5) is 11.4 Å². The monoisotopic (exact) mass is 351 g/mol. The number of carbonyl (C=O) groups excluding carboxylic acids is 3. The second-order valence-corrected chi connectivity index (χ2v) is 6.58. The van der Waals surface area contributed by atoms with Crippen LogP contribution in [0.1, 0.15) is 33.6 Å². The van der Waals surface area contributed by atoms with Gasteiger partial charge in [0.1, 0.15) is 0 Å². The fourth-order valence-corrected chi connectivity index (χ4v) is 2.49. The molecule has 0 bridgehead atoms. The van der Waals surface area contributed by atoms with Crippen LogP contribution in [-0.4, -0.2) is 36.7 Å². The van der Waals surface area contributed by atoms with Gasteiger partial charge in [-0.25, -0.2) is 0 Å². The van der Waals surface area contributed by atoms with E-state index in [2.05, 4.69) is 10.6 Å². The Balaban J connectivity index is 1.65. The van der Waals surface area contributed by atoms with E-state index in [-0.39, 0.29) is 23.6 Å². The Morgan fingerprint density at radius 2 is 1.58 bits per heavy atom. The molecule has 0 atom stereocenters. The Bertz CT molecular complexity index is 840. The Hall–Kier alpha value is -3.15. The molecule has 0 saturated heterocycles. The maximum atomic E-state index is 12.4. The Morgan fingerprint density at radius 1 is 0.885 bits per heavy atom. The number of nitrogens with zero attached hydrogens (tertiary/aromatic N) is 1. The molecule has 0 unspecified atom stereocenters. The molecule has 0 aliphatic heterocycles. The van der Waals surface area contributed by atoms with Gasteiger partial charge in [0.05, 0.1) is 0 Å². The van der Waals surface area contributed by atoms with Crippen molar-refractivity contribution >= 4 is 29.1 Å². The van der Waals surface area contributed by atoms with E-state index < -0.39 is 0 Å². The van der Waals surface area contributed by atoms with Crippen LogP contribution in [0.15, 0.2) is 48.5 Å². The first-order valence-electron chi connectivity index (χ1n) is 8.48. The fraction of sp³-hybridized carbons (Fsp3) is 0.250. The molecule has 3 rings (SSSR count). The zero-order valence-corrected chi connectivity index (χ0v) is 14.8. The predicted molar refractivity (Wildman–Crippen MR) is 100 cm³/mol. The van der Waals surface area contributed by atoms with E-state index in [0.717, 1.165) is 12.8 Å². The number of hydrogen-bond acceptors (Lipinski definition) is 3. The number of benzene rings is 2. The summed E-state index contributed by atoms with van der Waals surface area (Å²) in [5.74, 6) is -0.240. The van der Waals surface area contributed by atoms with E-state index in [4.69, 9.17) is 0 Å². The van der Waals surface area contributed by atoms with Crippen molar-refractivity contribution in [3.63, 3.8) is 0 Å². The lowest BCUT2D eigenvalue weighted by molar-refractivity contribution is -0.117. The molecule has 1 aliphatic carbocycles. The Labute approximate surface area is 152 Å². The molecule has 0 radical (unpaired) electrons. The molecule has 0 aromatic heterocycles. The third kappa shape index (κ3) is 4.27. The molecule has 2 aromatic rings. The van der Waals surface area contributed by atoms with E-state index in [1.807, 2.05) is 0 Å². The van der Waals surface area contributed by atoms with Gasteiger partial charge in [-0.1, -0.05) is 6.07 Å². The van der Waals surface area contributed by atoms with Crippen LogP contribution >= 0.6 is 0 Å². The van der Waals surface area contributed by atoms with E-state index in [1.165, 1.54) is 4.90 Å². The van der Waals surface area contributed by atoms with Crippen molar-refractivity contribution in [1.29, 1.82) is 0 Å².